The van der Waals surface area contributed by atoms with Crippen LogP contribution in [0, 0.1) is 0 Å². The molecule has 0 bridgehead atoms. The first kappa shape index (κ1) is 18.7. The number of halogens is 2. The van der Waals surface area contributed by atoms with E-state index in [1.165, 1.54) is 0 Å². The van der Waals surface area contributed by atoms with Crippen molar-refractivity contribution in [1.82, 2.24) is 20.0 Å². The molecule has 0 radical (unpaired) electrons. The molecular formula is C14H20Cl2N4O2. The van der Waals surface area contributed by atoms with Gasteiger partial charge in [0.2, 0.25) is 5.91 Å². The van der Waals surface area contributed by atoms with Crippen molar-refractivity contribution >= 4 is 36.4 Å². The Balaban J connectivity index is 0.00000121. The molecule has 0 spiro atoms. The summed E-state index contributed by atoms with van der Waals surface area (Å²) in [5.41, 5.74) is 1.75. The molecule has 0 aromatic carbocycles. The Morgan fingerprint density at radius 3 is 3.05 bits per heavy atom. The Morgan fingerprint density at radius 1 is 1.45 bits per heavy atom. The standard InChI is InChI=1S/C14H18N4O2.2ClH/c19-14(7-11-10-20-6-4-15-11)16-8-12-9-18-5-2-1-3-13(18)17-12;;/h1-3,5,9,11,15H,4,6-8,10H2,(H,16,19);2*1H. The van der Waals surface area contributed by atoms with Crippen LogP contribution in [0.5, 0.6) is 0 Å². The lowest BCUT2D eigenvalue weighted by Gasteiger charge is -2.23. The van der Waals surface area contributed by atoms with Gasteiger partial charge in [-0.1, -0.05) is 6.07 Å². The number of pyridine rings is 1. The molecule has 22 heavy (non-hydrogen) atoms. The second-order valence-corrected chi connectivity index (χ2v) is 4.91. The molecule has 0 aliphatic carbocycles. The van der Waals surface area contributed by atoms with Crippen molar-refractivity contribution in [3.63, 3.8) is 0 Å². The number of aromatic nitrogens is 2. The minimum absolute atomic E-state index is 0. The molecule has 3 heterocycles. The number of morpholine rings is 1. The Kier molecular flexibility index (Phi) is 7.61. The van der Waals surface area contributed by atoms with Crippen molar-refractivity contribution in [2.24, 2.45) is 0 Å². The predicted molar refractivity (Wildman–Crippen MR) is 88.8 cm³/mol. The number of nitrogens with zero attached hydrogens (tertiary/aromatic N) is 2. The molecule has 1 saturated heterocycles. The van der Waals surface area contributed by atoms with Gasteiger partial charge in [0, 0.05) is 31.4 Å². The van der Waals surface area contributed by atoms with E-state index in [4.69, 9.17) is 4.74 Å². The van der Waals surface area contributed by atoms with Crippen LogP contribution in [0.3, 0.4) is 0 Å². The Labute approximate surface area is 141 Å². The first-order valence-corrected chi connectivity index (χ1v) is 6.82. The maximum absolute atomic E-state index is 11.9. The van der Waals surface area contributed by atoms with Crippen molar-refractivity contribution in [1.29, 1.82) is 0 Å². The molecule has 1 fully saturated rings. The van der Waals surface area contributed by atoms with E-state index in [9.17, 15) is 4.79 Å². The molecule has 1 unspecified atom stereocenters. The second kappa shape index (κ2) is 8.95. The second-order valence-electron chi connectivity index (χ2n) is 4.91. The summed E-state index contributed by atoms with van der Waals surface area (Å²) in [5, 5.41) is 6.16. The van der Waals surface area contributed by atoms with Gasteiger partial charge in [-0.3, -0.25) is 4.79 Å². The summed E-state index contributed by atoms with van der Waals surface area (Å²) >= 11 is 0. The molecule has 2 aromatic rings. The molecule has 1 amide bonds. The summed E-state index contributed by atoms with van der Waals surface area (Å²) in [6, 6.07) is 5.95. The van der Waals surface area contributed by atoms with Crippen LogP contribution in [0.25, 0.3) is 5.65 Å². The molecular weight excluding hydrogens is 327 g/mol. The third-order valence-electron chi connectivity index (χ3n) is 3.31. The lowest BCUT2D eigenvalue weighted by atomic mass is 10.2. The van der Waals surface area contributed by atoms with Crippen LogP contribution in [0.2, 0.25) is 0 Å². The number of ether oxygens (including phenoxy) is 1. The summed E-state index contributed by atoms with van der Waals surface area (Å²) in [7, 11) is 0. The topological polar surface area (TPSA) is 67.7 Å². The molecule has 1 atom stereocenters. The Bertz CT molecular complexity index is 566. The minimum atomic E-state index is 0. The molecule has 1 aliphatic rings. The van der Waals surface area contributed by atoms with Gasteiger partial charge in [0.15, 0.2) is 0 Å². The number of hydrogen-bond donors (Lipinski definition) is 2. The highest BCUT2D eigenvalue weighted by Gasteiger charge is 2.16. The van der Waals surface area contributed by atoms with Crippen LogP contribution in [-0.2, 0) is 16.1 Å². The van der Waals surface area contributed by atoms with Gasteiger partial charge < -0.3 is 19.8 Å². The van der Waals surface area contributed by atoms with Crippen LogP contribution in [-0.4, -0.2) is 41.1 Å². The number of imidazole rings is 1. The highest BCUT2D eigenvalue weighted by atomic mass is 35.5. The number of carbonyl (C=O) groups excluding carboxylic acids is 1. The molecule has 2 N–H and O–H groups in total. The highest BCUT2D eigenvalue weighted by molar-refractivity contribution is 5.85. The van der Waals surface area contributed by atoms with Crippen LogP contribution in [0.15, 0.2) is 30.6 Å². The van der Waals surface area contributed by atoms with Gasteiger partial charge >= 0.3 is 0 Å². The monoisotopic (exact) mass is 346 g/mol. The average molecular weight is 347 g/mol. The summed E-state index contributed by atoms with van der Waals surface area (Å²) in [5.74, 6) is 0.0186. The minimum Gasteiger partial charge on any atom is -0.378 e. The van der Waals surface area contributed by atoms with Gasteiger partial charge in [-0.15, -0.1) is 24.8 Å². The molecule has 1 aliphatic heterocycles. The summed E-state index contributed by atoms with van der Waals surface area (Å²) in [6.07, 6.45) is 4.31. The fourth-order valence-electron chi connectivity index (χ4n) is 2.31. The number of carbonyl (C=O) groups is 1. The van der Waals surface area contributed by atoms with Crippen LogP contribution in [0.1, 0.15) is 12.1 Å². The van der Waals surface area contributed by atoms with Gasteiger partial charge in [0.05, 0.1) is 25.5 Å². The van der Waals surface area contributed by atoms with E-state index < -0.39 is 0 Å². The van der Waals surface area contributed by atoms with Gasteiger partial charge in [-0.2, -0.15) is 0 Å². The summed E-state index contributed by atoms with van der Waals surface area (Å²) in [4.78, 5) is 16.3. The lowest BCUT2D eigenvalue weighted by Crippen LogP contribution is -2.44. The number of rotatable bonds is 4. The summed E-state index contributed by atoms with van der Waals surface area (Å²) < 4.78 is 7.27. The van der Waals surface area contributed by atoms with E-state index in [0.717, 1.165) is 24.5 Å². The zero-order valence-electron chi connectivity index (χ0n) is 12.0. The predicted octanol–water partition coefficient (Wildman–Crippen LogP) is 1.17. The van der Waals surface area contributed by atoms with Crippen LogP contribution < -0.4 is 10.6 Å². The molecule has 6 nitrogen and oxygen atoms in total. The molecule has 0 saturated carbocycles. The fourth-order valence-corrected chi connectivity index (χ4v) is 2.31. The average Bonchev–Trinajstić information content (AvgIpc) is 2.89. The van der Waals surface area contributed by atoms with Crippen molar-refractivity contribution in [2.45, 2.75) is 19.0 Å². The van der Waals surface area contributed by atoms with Crippen molar-refractivity contribution < 1.29 is 9.53 Å². The van der Waals surface area contributed by atoms with E-state index in [1.54, 1.807) is 0 Å². The van der Waals surface area contributed by atoms with Crippen molar-refractivity contribution in [3.05, 3.63) is 36.3 Å². The number of hydrogen-bond acceptors (Lipinski definition) is 4. The smallest absolute Gasteiger partial charge is 0.221 e. The number of fused-ring (bicyclic) bond motifs is 1. The Morgan fingerprint density at radius 2 is 2.32 bits per heavy atom. The van der Waals surface area contributed by atoms with Crippen molar-refractivity contribution in [3.8, 4) is 0 Å². The molecule has 8 heteroatoms. The van der Waals surface area contributed by atoms with Gasteiger partial charge in [-0.25, -0.2) is 4.98 Å². The van der Waals surface area contributed by atoms with E-state index in [0.29, 0.717) is 19.6 Å². The molecule has 3 rings (SSSR count). The maximum atomic E-state index is 11.9. The van der Waals surface area contributed by atoms with Crippen LogP contribution >= 0.6 is 24.8 Å². The van der Waals surface area contributed by atoms with Gasteiger partial charge in [0.1, 0.15) is 5.65 Å². The summed E-state index contributed by atoms with van der Waals surface area (Å²) in [6.45, 7) is 2.58. The van der Waals surface area contributed by atoms with Gasteiger partial charge in [-0.05, 0) is 12.1 Å². The van der Waals surface area contributed by atoms with E-state index in [1.807, 2.05) is 35.0 Å². The van der Waals surface area contributed by atoms with Crippen molar-refractivity contribution in [2.75, 3.05) is 19.8 Å². The highest BCUT2D eigenvalue weighted by Crippen LogP contribution is 2.04. The third-order valence-corrected chi connectivity index (χ3v) is 3.31. The molecule has 2 aromatic heterocycles. The van der Waals surface area contributed by atoms with Gasteiger partial charge in [0.25, 0.3) is 0 Å². The zero-order chi connectivity index (χ0) is 13.8. The third kappa shape index (κ3) is 4.84. The largest absolute Gasteiger partial charge is 0.378 e. The number of amides is 1. The number of nitrogens with one attached hydrogen (secondary N) is 2. The normalized spacial score (nSPS) is 17.4. The van der Waals surface area contributed by atoms with E-state index in [2.05, 4.69) is 15.6 Å². The molecule has 122 valence electrons. The SMILES string of the molecule is Cl.Cl.O=C(CC1COCCN1)NCc1cn2ccccc2n1. The first-order chi connectivity index (χ1) is 9.81. The zero-order valence-corrected chi connectivity index (χ0v) is 13.7. The van der Waals surface area contributed by atoms with Crippen LogP contribution in [0.4, 0.5) is 0 Å². The first-order valence-electron chi connectivity index (χ1n) is 6.82. The quantitative estimate of drug-likeness (QED) is 0.872. The van der Waals surface area contributed by atoms with E-state index >= 15 is 0 Å². The lowest BCUT2D eigenvalue weighted by molar-refractivity contribution is -0.122. The maximum Gasteiger partial charge on any atom is 0.221 e. The Hall–Kier alpha value is -1.34. The fraction of sp³-hybridized carbons (Fsp3) is 0.429. The van der Waals surface area contributed by atoms with E-state index in [-0.39, 0.29) is 36.8 Å².